The number of carbonyl (C=O) groups excluding carboxylic acids is 1. The first kappa shape index (κ1) is 17.5. The molecule has 1 atom stereocenters. The topological polar surface area (TPSA) is 56.1 Å². The number of rotatable bonds is 2. The van der Waals surface area contributed by atoms with Crippen LogP contribution < -0.4 is 10.1 Å². The average Bonchev–Trinajstić information content (AvgIpc) is 2.82. The summed E-state index contributed by atoms with van der Waals surface area (Å²) in [6, 6.07) is 6.30. The van der Waals surface area contributed by atoms with Gasteiger partial charge in [0.15, 0.2) is 11.6 Å². The lowest BCUT2D eigenvalue weighted by Gasteiger charge is -2.21. The molecule has 0 aliphatic carbocycles. The summed E-state index contributed by atoms with van der Waals surface area (Å²) in [7, 11) is 0. The molecule has 2 heterocycles. The fourth-order valence-electron chi connectivity index (χ4n) is 3.22. The highest BCUT2D eigenvalue weighted by atomic mass is 19.1. The van der Waals surface area contributed by atoms with Crippen molar-refractivity contribution < 1.29 is 13.9 Å². The minimum atomic E-state index is -0.397. The van der Waals surface area contributed by atoms with E-state index >= 15 is 0 Å². The van der Waals surface area contributed by atoms with Gasteiger partial charge in [0.2, 0.25) is 0 Å². The van der Waals surface area contributed by atoms with E-state index < -0.39 is 5.82 Å². The molecule has 0 saturated heterocycles. The standard InChI is InChI=1S/C19H24FN3O2/c1-12-11-16(22-23(12)19(2,3)4)18(24)21-15-9-6-10-25-17-13(15)7-5-8-14(17)20/h5,7-8,11,15H,6,9-10H2,1-4H3,(H,21,24). The molecule has 0 spiro atoms. The van der Waals surface area contributed by atoms with Crippen molar-refractivity contribution in [3.63, 3.8) is 0 Å². The van der Waals surface area contributed by atoms with Crippen molar-refractivity contribution in [3.8, 4) is 5.75 Å². The molecule has 134 valence electrons. The molecule has 1 N–H and O–H groups in total. The summed E-state index contributed by atoms with van der Waals surface area (Å²) in [4.78, 5) is 12.7. The zero-order valence-corrected chi connectivity index (χ0v) is 15.1. The Hall–Kier alpha value is -2.37. The van der Waals surface area contributed by atoms with Crippen LogP contribution in [0.2, 0.25) is 0 Å². The number of carbonyl (C=O) groups is 1. The maximum absolute atomic E-state index is 14.0. The minimum Gasteiger partial charge on any atom is -0.490 e. The van der Waals surface area contributed by atoms with Gasteiger partial charge >= 0.3 is 0 Å². The van der Waals surface area contributed by atoms with Gasteiger partial charge in [0.25, 0.3) is 5.91 Å². The van der Waals surface area contributed by atoms with Crippen LogP contribution in [0, 0.1) is 12.7 Å². The zero-order chi connectivity index (χ0) is 18.2. The Morgan fingerprint density at radius 2 is 2.16 bits per heavy atom. The van der Waals surface area contributed by atoms with Crippen LogP contribution in [0.5, 0.6) is 5.75 Å². The van der Waals surface area contributed by atoms with E-state index in [1.165, 1.54) is 6.07 Å². The van der Waals surface area contributed by atoms with E-state index in [4.69, 9.17) is 4.74 Å². The molecule has 1 aromatic carbocycles. The number of benzene rings is 1. The number of para-hydroxylation sites is 1. The maximum atomic E-state index is 14.0. The zero-order valence-electron chi connectivity index (χ0n) is 15.1. The van der Waals surface area contributed by atoms with E-state index in [-0.39, 0.29) is 23.2 Å². The number of nitrogens with one attached hydrogen (secondary N) is 1. The van der Waals surface area contributed by atoms with Crippen molar-refractivity contribution in [2.45, 2.75) is 52.1 Å². The molecule has 25 heavy (non-hydrogen) atoms. The summed E-state index contributed by atoms with van der Waals surface area (Å²) in [5.74, 6) is -0.415. The Kier molecular flexibility index (Phi) is 4.54. The molecule has 3 rings (SSSR count). The number of nitrogens with zero attached hydrogens (tertiary/aromatic N) is 2. The van der Waals surface area contributed by atoms with Crippen LogP contribution in [0.3, 0.4) is 0 Å². The lowest BCUT2D eigenvalue weighted by molar-refractivity contribution is 0.0928. The van der Waals surface area contributed by atoms with E-state index in [0.717, 1.165) is 12.1 Å². The van der Waals surface area contributed by atoms with Gasteiger partial charge in [-0.15, -0.1) is 0 Å². The van der Waals surface area contributed by atoms with Gasteiger partial charge in [0.1, 0.15) is 5.69 Å². The first-order valence-electron chi connectivity index (χ1n) is 8.56. The van der Waals surface area contributed by atoms with Gasteiger partial charge in [-0.3, -0.25) is 9.48 Å². The lowest BCUT2D eigenvalue weighted by atomic mass is 10.0. The van der Waals surface area contributed by atoms with Gasteiger partial charge in [-0.1, -0.05) is 12.1 Å². The Labute approximate surface area is 147 Å². The normalized spacial score (nSPS) is 17.4. The van der Waals surface area contributed by atoms with Crippen LogP contribution in [0.1, 0.15) is 61.4 Å². The molecular weight excluding hydrogens is 321 g/mol. The van der Waals surface area contributed by atoms with E-state index in [0.29, 0.717) is 24.3 Å². The third-order valence-corrected chi connectivity index (χ3v) is 4.32. The van der Waals surface area contributed by atoms with Crippen molar-refractivity contribution in [1.29, 1.82) is 0 Å². The van der Waals surface area contributed by atoms with Crippen molar-refractivity contribution in [2.24, 2.45) is 0 Å². The van der Waals surface area contributed by atoms with Crippen molar-refractivity contribution in [3.05, 3.63) is 47.0 Å². The molecular formula is C19H24FN3O2. The number of fused-ring (bicyclic) bond motifs is 1. The highest BCUT2D eigenvalue weighted by Gasteiger charge is 2.26. The maximum Gasteiger partial charge on any atom is 0.272 e. The highest BCUT2D eigenvalue weighted by Crippen LogP contribution is 2.33. The molecule has 1 aliphatic rings. The summed E-state index contributed by atoms with van der Waals surface area (Å²) in [6.07, 6.45) is 1.44. The number of hydrogen-bond donors (Lipinski definition) is 1. The van der Waals surface area contributed by atoms with Crippen molar-refractivity contribution >= 4 is 5.91 Å². The first-order chi connectivity index (χ1) is 11.8. The fraction of sp³-hybridized carbons (Fsp3) is 0.474. The summed E-state index contributed by atoms with van der Waals surface area (Å²) < 4.78 is 21.4. The number of aryl methyl sites for hydroxylation is 1. The van der Waals surface area contributed by atoms with Crippen LogP contribution in [-0.4, -0.2) is 22.3 Å². The van der Waals surface area contributed by atoms with E-state index in [1.54, 1.807) is 18.2 Å². The second-order valence-electron chi connectivity index (χ2n) is 7.43. The fourth-order valence-corrected chi connectivity index (χ4v) is 3.22. The predicted molar refractivity (Wildman–Crippen MR) is 93.3 cm³/mol. The van der Waals surface area contributed by atoms with Crippen LogP contribution in [-0.2, 0) is 5.54 Å². The van der Waals surface area contributed by atoms with Crippen LogP contribution in [0.4, 0.5) is 4.39 Å². The second kappa shape index (κ2) is 6.50. The van der Waals surface area contributed by atoms with E-state index in [2.05, 4.69) is 10.4 Å². The molecule has 1 unspecified atom stereocenters. The number of hydrogen-bond acceptors (Lipinski definition) is 3. The van der Waals surface area contributed by atoms with Crippen LogP contribution >= 0.6 is 0 Å². The molecule has 1 aromatic heterocycles. The monoisotopic (exact) mass is 345 g/mol. The molecule has 1 aliphatic heterocycles. The van der Waals surface area contributed by atoms with E-state index in [9.17, 15) is 9.18 Å². The highest BCUT2D eigenvalue weighted by molar-refractivity contribution is 5.92. The molecule has 0 bridgehead atoms. The molecule has 5 nitrogen and oxygen atoms in total. The van der Waals surface area contributed by atoms with Crippen LogP contribution in [0.25, 0.3) is 0 Å². The summed E-state index contributed by atoms with van der Waals surface area (Å²) >= 11 is 0. The Morgan fingerprint density at radius 3 is 2.84 bits per heavy atom. The summed E-state index contributed by atoms with van der Waals surface area (Å²) in [5, 5.41) is 7.43. The average molecular weight is 345 g/mol. The lowest BCUT2D eigenvalue weighted by Crippen LogP contribution is -2.30. The van der Waals surface area contributed by atoms with Crippen LogP contribution in [0.15, 0.2) is 24.3 Å². The Morgan fingerprint density at radius 1 is 1.40 bits per heavy atom. The molecule has 6 heteroatoms. The Bertz CT molecular complexity index is 792. The predicted octanol–water partition coefficient (Wildman–Crippen LogP) is 3.73. The largest absolute Gasteiger partial charge is 0.490 e. The van der Waals surface area contributed by atoms with Gasteiger partial charge in [0, 0.05) is 11.3 Å². The molecule has 0 saturated carbocycles. The molecule has 1 amide bonds. The Balaban J connectivity index is 1.86. The molecule has 2 aromatic rings. The number of ether oxygens (including phenoxy) is 1. The van der Waals surface area contributed by atoms with Crippen molar-refractivity contribution in [2.75, 3.05) is 6.61 Å². The molecule has 0 fully saturated rings. The summed E-state index contributed by atoms with van der Waals surface area (Å²) in [6.45, 7) is 8.49. The minimum absolute atomic E-state index is 0.200. The summed E-state index contributed by atoms with van der Waals surface area (Å²) in [5.41, 5.74) is 1.77. The first-order valence-corrected chi connectivity index (χ1v) is 8.56. The third kappa shape index (κ3) is 3.52. The van der Waals surface area contributed by atoms with Gasteiger partial charge in [-0.2, -0.15) is 5.10 Å². The number of amides is 1. The van der Waals surface area contributed by atoms with Gasteiger partial charge in [0.05, 0.1) is 18.2 Å². The van der Waals surface area contributed by atoms with Gasteiger partial charge < -0.3 is 10.1 Å². The van der Waals surface area contributed by atoms with Crippen molar-refractivity contribution in [1.82, 2.24) is 15.1 Å². The SMILES string of the molecule is Cc1cc(C(=O)NC2CCCOc3c(F)cccc32)nn1C(C)(C)C. The number of aromatic nitrogens is 2. The smallest absolute Gasteiger partial charge is 0.272 e. The second-order valence-corrected chi connectivity index (χ2v) is 7.43. The number of halogens is 1. The van der Waals surface area contributed by atoms with Gasteiger partial charge in [-0.05, 0) is 52.7 Å². The third-order valence-electron chi connectivity index (χ3n) is 4.32. The molecule has 0 radical (unpaired) electrons. The quantitative estimate of drug-likeness (QED) is 0.902. The van der Waals surface area contributed by atoms with Gasteiger partial charge in [-0.25, -0.2) is 4.39 Å². The van der Waals surface area contributed by atoms with E-state index in [1.807, 2.05) is 32.4 Å².